The Hall–Kier alpha value is -3.56. The van der Waals surface area contributed by atoms with Crippen LogP contribution in [0.25, 0.3) is 6.08 Å². The highest BCUT2D eigenvalue weighted by molar-refractivity contribution is 9.10. The summed E-state index contributed by atoms with van der Waals surface area (Å²) in [7, 11) is 1.54. The predicted octanol–water partition coefficient (Wildman–Crippen LogP) is 5.89. The summed E-state index contributed by atoms with van der Waals surface area (Å²) in [6.07, 6.45) is 1.51. The quantitative estimate of drug-likeness (QED) is 0.340. The van der Waals surface area contributed by atoms with E-state index in [4.69, 9.17) is 9.47 Å². The molecule has 31 heavy (non-hydrogen) atoms. The molecule has 0 heterocycles. The topological polar surface area (TPSA) is 71.3 Å². The van der Waals surface area contributed by atoms with Crippen molar-refractivity contribution >= 4 is 33.6 Å². The Labute approximate surface area is 190 Å². The summed E-state index contributed by atoms with van der Waals surface area (Å²) in [5.41, 5.74) is 3.44. The van der Waals surface area contributed by atoms with Crippen LogP contribution in [0.15, 0.2) is 76.8 Å². The molecule has 0 spiro atoms. The van der Waals surface area contributed by atoms with Gasteiger partial charge in [0.15, 0.2) is 11.5 Å². The van der Waals surface area contributed by atoms with Gasteiger partial charge in [0.05, 0.1) is 7.11 Å². The second kappa shape index (κ2) is 10.5. The molecular formula is C25H21BrN2O3. The number of hydrogen-bond acceptors (Lipinski definition) is 4. The molecular weight excluding hydrogens is 456 g/mol. The molecule has 0 unspecified atom stereocenters. The Morgan fingerprint density at radius 2 is 1.81 bits per heavy atom. The van der Waals surface area contributed by atoms with E-state index >= 15 is 0 Å². The van der Waals surface area contributed by atoms with Crippen LogP contribution in [0.5, 0.6) is 11.5 Å². The first kappa shape index (κ1) is 22.1. The van der Waals surface area contributed by atoms with E-state index in [0.717, 1.165) is 5.56 Å². The van der Waals surface area contributed by atoms with Crippen molar-refractivity contribution in [1.82, 2.24) is 0 Å². The summed E-state index contributed by atoms with van der Waals surface area (Å²) in [5.74, 6) is 0.570. The number of halogens is 1. The first-order valence-electron chi connectivity index (χ1n) is 9.54. The summed E-state index contributed by atoms with van der Waals surface area (Å²) in [5, 5.41) is 12.2. The molecule has 5 nitrogen and oxygen atoms in total. The van der Waals surface area contributed by atoms with Crippen molar-refractivity contribution in [3.8, 4) is 17.6 Å². The second-order valence-corrected chi connectivity index (χ2v) is 7.64. The van der Waals surface area contributed by atoms with E-state index in [0.29, 0.717) is 33.8 Å². The maximum Gasteiger partial charge on any atom is 0.266 e. The van der Waals surface area contributed by atoms with Crippen LogP contribution in [0, 0.1) is 18.3 Å². The number of amides is 1. The number of para-hydroxylation sites is 1. The molecule has 0 fully saturated rings. The Morgan fingerprint density at radius 1 is 1.10 bits per heavy atom. The van der Waals surface area contributed by atoms with E-state index in [1.807, 2.05) is 55.5 Å². The molecule has 0 saturated carbocycles. The van der Waals surface area contributed by atoms with Crippen molar-refractivity contribution in [3.05, 3.63) is 93.5 Å². The third-order valence-corrected chi connectivity index (χ3v) is 5.18. The van der Waals surface area contributed by atoms with Crippen molar-refractivity contribution in [2.75, 3.05) is 12.4 Å². The predicted molar refractivity (Wildman–Crippen MR) is 125 cm³/mol. The molecule has 1 N–H and O–H groups in total. The molecule has 0 aliphatic carbocycles. The van der Waals surface area contributed by atoms with Crippen molar-refractivity contribution in [3.63, 3.8) is 0 Å². The Bertz CT molecular complexity index is 1130. The molecule has 1 amide bonds. The summed E-state index contributed by atoms with van der Waals surface area (Å²) in [4.78, 5) is 12.5. The van der Waals surface area contributed by atoms with Gasteiger partial charge < -0.3 is 14.8 Å². The lowest BCUT2D eigenvalue weighted by Gasteiger charge is -2.13. The van der Waals surface area contributed by atoms with Crippen LogP contribution in [0.1, 0.15) is 16.7 Å². The summed E-state index contributed by atoms with van der Waals surface area (Å²) >= 11 is 3.50. The number of rotatable bonds is 7. The van der Waals surface area contributed by atoms with Gasteiger partial charge in [-0.3, -0.25) is 4.79 Å². The lowest BCUT2D eigenvalue weighted by molar-refractivity contribution is -0.112. The first-order valence-corrected chi connectivity index (χ1v) is 10.3. The van der Waals surface area contributed by atoms with Gasteiger partial charge in [0, 0.05) is 10.2 Å². The monoisotopic (exact) mass is 476 g/mol. The molecule has 3 aromatic carbocycles. The van der Waals surface area contributed by atoms with Gasteiger partial charge in [-0.05, 0) is 48.4 Å². The summed E-state index contributed by atoms with van der Waals surface area (Å²) < 4.78 is 12.1. The zero-order valence-corrected chi connectivity index (χ0v) is 18.8. The van der Waals surface area contributed by atoms with E-state index in [1.54, 1.807) is 31.4 Å². The maximum absolute atomic E-state index is 12.5. The van der Waals surface area contributed by atoms with Gasteiger partial charge in [-0.25, -0.2) is 0 Å². The van der Waals surface area contributed by atoms with Crippen LogP contribution >= 0.6 is 15.9 Å². The number of anilines is 1. The van der Waals surface area contributed by atoms with E-state index < -0.39 is 5.91 Å². The largest absolute Gasteiger partial charge is 0.493 e. The van der Waals surface area contributed by atoms with E-state index in [-0.39, 0.29) is 5.57 Å². The Kier molecular flexibility index (Phi) is 7.47. The number of aryl methyl sites for hydroxylation is 1. The zero-order chi connectivity index (χ0) is 22.2. The molecule has 0 saturated heterocycles. The van der Waals surface area contributed by atoms with Crippen LogP contribution in [0.4, 0.5) is 5.69 Å². The molecule has 0 aliphatic heterocycles. The van der Waals surface area contributed by atoms with Crippen molar-refractivity contribution < 1.29 is 14.3 Å². The third kappa shape index (κ3) is 5.97. The van der Waals surface area contributed by atoms with Crippen LogP contribution in [-0.4, -0.2) is 13.0 Å². The van der Waals surface area contributed by atoms with Crippen molar-refractivity contribution in [2.24, 2.45) is 0 Å². The van der Waals surface area contributed by atoms with Crippen molar-refractivity contribution in [2.45, 2.75) is 13.5 Å². The van der Waals surface area contributed by atoms with E-state index in [2.05, 4.69) is 21.2 Å². The fourth-order valence-corrected chi connectivity index (χ4v) is 3.24. The van der Waals surface area contributed by atoms with Gasteiger partial charge in [-0.2, -0.15) is 5.26 Å². The zero-order valence-electron chi connectivity index (χ0n) is 17.2. The number of carbonyl (C=O) groups is 1. The minimum absolute atomic E-state index is 0.0278. The average molecular weight is 477 g/mol. The minimum Gasteiger partial charge on any atom is -0.493 e. The fourth-order valence-electron chi connectivity index (χ4n) is 2.80. The minimum atomic E-state index is -0.487. The van der Waals surface area contributed by atoms with E-state index in [1.165, 1.54) is 11.6 Å². The number of nitrogens with zero attached hydrogens (tertiary/aromatic N) is 1. The SMILES string of the molecule is COc1cc(C=C(C#N)C(=O)Nc2ccccc2)c(Br)cc1OCc1ccc(C)cc1. The van der Waals surface area contributed by atoms with Gasteiger partial charge in [-0.15, -0.1) is 0 Å². The molecule has 0 bridgehead atoms. The molecule has 0 atom stereocenters. The van der Waals surface area contributed by atoms with Gasteiger partial charge in [-0.1, -0.05) is 64.0 Å². The van der Waals surface area contributed by atoms with Gasteiger partial charge in [0.25, 0.3) is 5.91 Å². The highest BCUT2D eigenvalue weighted by Crippen LogP contribution is 2.35. The van der Waals surface area contributed by atoms with Gasteiger partial charge >= 0.3 is 0 Å². The summed E-state index contributed by atoms with van der Waals surface area (Å²) in [6.45, 7) is 2.42. The summed E-state index contributed by atoms with van der Waals surface area (Å²) in [6, 6.07) is 22.5. The number of ether oxygens (including phenoxy) is 2. The first-order chi connectivity index (χ1) is 15.0. The molecule has 3 aromatic rings. The standard InChI is InChI=1S/C25H21BrN2O3/c1-17-8-10-18(11-9-17)16-31-24-14-22(26)19(13-23(24)30-2)12-20(15-27)25(29)28-21-6-4-3-5-7-21/h3-14H,16H2,1-2H3,(H,28,29). The van der Waals surface area contributed by atoms with Gasteiger partial charge in [0.1, 0.15) is 18.2 Å². The Morgan fingerprint density at radius 3 is 2.45 bits per heavy atom. The lowest BCUT2D eigenvalue weighted by atomic mass is 10.1. The third-order valence-electron chi connectivity index (χ3n) is 4.49. The van der Waals surface area contributed by atoms with E-state index in [9.17, 15) is 10.1 Å². The van der Waals surface area contributed by atoms with Crippen LogP contribution < -0.4 is 14.8 Å². The molecule has 0 aliphatic rings. The number of hydrogen-bond donors (Lipinski definition) is 1. The maximum atomic E-state index is 12.5. The number of nitriles is 1. The van der Waals surface area contributed by atoms with Gasteiger partial charge in [0.2, 0.25) is 0 Å². The highest BCUT2D eigenvalue weighted by atomic mass is 79.9. The number of benzene rings is 3. The van der Waals surface area contributed by atoms with Crippen LogP contribution in [-0.2, 0) is 11.4 Å². The normalized spacial score (nSPS) is 10.8. The molecule has 6 heteroatoms. The number of carbonyl (C=O) groups excluding carboxylic acids is 1. The number of nitrogens with one attached hydrogen (secondary N) is 1. The van der Waals surface area contributed by atoms with Crippen LogP contribution in [0.3, 0.4) is 0 Å². The Balaban J connectivity index is 1.81. The number of methoxy groups -OCH3 is 1. The fraction of sp³-hybridized carbons (Fsp3) is 0.120. The molecule has 156 valence electrons. The van der Waals surface area contributed by atoms with Crippen molar-refractivity contribution in [1.29, 1.82) is 5.26 Å². The molecule has 0 aromatic heterocycles. The lowest BCUT2D eigenvalue weighted by Crippen LogP contribution is -2.13. The second-order valence-electron chi connectivity index (χ2n) is 6.79. The van der Waals surface area contributed by atoms with Crippen LogP contribution in [0.2, 0.25) is 0 Å². The molecule has 3 rings (SSSR count). The molecule has 0 radical (unpaired) electrons. The smallest absolute Gasteiger partial charge is 0.266 e. The highest BCUT2D eigenvalue weighted by Gasteiger charge is 2.14. The average Bonchev–Trinajstić information content (AvgIpc) is 2.78.